The number of carbonyl (C=O) groups is 1. The summed E-state index contributed by atoms with van der Waals surface area (Å²) in [4.78, 5) is 14.0. The van der Waals surface area contributed by atoms with E-state index in [1.807, 2.05) is 20.8 Å². The Balaban J connectivity index is 2.73. The van der Waals surface area contributed by atoms with Gasteiger partial charge in [0.05, 0.1) is 0 Å². The predicted molar refractivity (Wildman–Crippen MR) is 72.7 cm³/mol. The third-order valence-corrected chi connectivity index (χ3v) is 3.25. The molecule has 1 amide bonds. The number of amides is 1. The number of nitrogens with zero attached hydrogens (tertiary/aromatic N) is 1. The molecule has 1 aromatic carbocycles. The van der Waals surface area contributed by atoms with Gasteiger partial charge in [0.2, 0.25) is 0 Å². The van der Waals surface area contributed by atoms with Crippen LogP contribution in [0.3, 0.4) is 0 Å². The molecule has 112 valence electrons. The predicted octanol–water partition coefficient (Wildman–Crippen LogP) is 2.13. The van der Waals surface area contributed by atoms with E-state index in [4.69, 9.17) is 0 Å². The van der Waals surface area contributed by atoms with Crippen molar-refractivity contribution in [3.8, 4) is 5.75 Å². The molecule has 0 aliphatic rings. The number of rotatable bonds is 6. The van der Waals surface area contributed by atoms with Crippen LogP contribution in [0, 0.1) is 11.6 Å². The van der Waals surface area contributed by atoms with E-state index < -0.39 is 28.9 Å². The van der Waals surface area contributed by atoms with Gasteiger partial charge < -0.3 is 10.4 Å². The molecule has 0 fully saturated rings. The number of hydrogen-bond donors (Lipinski definition) is 2. The van der Waals surface area contributed by atoms with Crippen LogP contribution in [-0.2, 0) is 0 Å². The van der Waals surface area contributed by atoms with Crippen LogP contribution in [0.2, 0.25) is 0 Å². The second-order valence-electron chi connectivity index (χ2n) is 4.56. The van der Waals surface area contributed by atoms with Crippen molar-refractivity contribution in [2.45, 2.75) is 26.8 Å². The van der Waals surface area contributed by atoms with E-state index in [2.05, 4.69) is 10.2 Å². The smallest absolute Gasteiger partial charge is 0.258 e. The molecule has 0 bridgehead atoms. The SMILES string of the molecule is CCN(CC)C(C)CNC(=O)c1c(O)cc(F)cc1F. The van der Waals surface area contributed by atoms with Crippen LogP contribution in [0.15, 0.2) is 12.1 Å². The Hall–Kier alpha value is -1.69. The first-order chi connectivity index (χ1) is 9.40. The van der Waals surface area contributed by atoms with Gasteiger partial charge in [-0.05, 0) is 20.0 Å². The zero-order chi connectivity index (χ0) is 15.3. The quantitative estimate of drug-likeness (QED) is 0.842. The van der Waals surface area contributed by atoms with Gasteiger partial charge >= 0.3 is 0 Å². The summed E-state index contributed by atoms with van der Waals surface area (Å²) in [5, 5.41) is 12.0. The molecule has 1 aromatic rings. The molecule has 1 rings (SSSR count). The Bertz CT molecular complexity index is 453. The van der Waals surface area contributed by atoms with Crippen LogP contribution in [0.5, 0.6) is 5.75 Å². The largest absolute Gasteiger partial charge is 0.507 e. The Morgan fingerprint density at radius 3 is 2.45 bits per heavy atom. The summed E-state index contributed by atoms with van der Waals surface area (Å²) in [6.07, 6.45) is 0. The zero-order valence-corrected chi connectivity index (χ0v) is 11.9. The lowest BCUT2D eigenvalue weighted by Gasteiger charge is -2.26. The lowest BCUT2D eigenvalue weighted by molar-refractivity contribution is 0.0931. The first-order valence-electron chi connectivity index (χ1n) is 6.60. The number of halogens is 2. The minimum Gasteiger partial charge on any atom is -0.507 e. The molecule has 2 N–H and O–H groups in total. The van der Waals surface area contributed by atoms with Gasteiger partial charge in [-0.3, -0.25) is 9.69 Å². The lowest BCUT2D eigenvalue weighted by Crippen LogP contribution is -2.42. The molecule has 0 spiro atoms. The van der Waals surface area contributed by atoms with E-state index in [0.29, 0.717) is 18.7 Å². The van der Waals surface area contributed by atoms with E-state index in [1.54, 1.807) is 0 Å². The number of hydrogen-bond acceptors (Lipinski definition) is 3. The summed E-state index contributed by atoms with van der Waals surface area (Å²) < 4.78 is 26.4. The van der Waals surface area contributed by atoms with Crippen LogP contribution >= 0.6 is 0 Å². The molecule has 0 radical (unpaired) electrons. The molecular weight excluding hydrogens is 266 g/mol. The molecule has 0 saturated carbocycles. The molecule has 1 unspecified atom stereocenters. The number of likely N-dealkylation sites (N-methyl/N-ethyl adjacent to an activating group) is 1. The number of nitrogens with one attached hydrogen (secondary N) is 1. The third kappa shape index (κ3) is 3.90. The number of aromatic hydroxyl groups is 1. The van der Waals surface area contributed by atoms with Crippen molar-refractivity contribution in [3.63, 3.8) is 0 Å². The average molecular weight is 286 g/mol. The molecule has 4 nitrogen and oxygen atoms in total. The lowest BCUT2D eigenvalue weighted by atomic mass is 10.1. The molecule has 20 heavy (non-hydrogen) atoms. The van der Waals surface area contributed by atoms with Crippen LogP contribution in [0.1, 0.15) is 31.1 Å². The molecule has 6 heteroatoms. The van der Waals surface area contributed by atoms with Crippen molar-refractivity contribution in [1.29, 1.82) is 0 Å². The van der Waals surface area contributed by atoms with Crippen molar-refractivity contribution in [1.82, 2.24) is 10.2 Å². The van der Waals surface area contributed by atoms with E-state index in [9.17, 15) is 18.7 Å². The summed E-state index contributed by atoms with van der Waals surface area (Å²) in [6.45, 7) is 7.94. The van der Waals surface area contributed by atoms with Gasteiger partial charge in [-0.1, -0.05) is 13.8 Å². The van der Waals surface area contributed by atoms with Crippen LogP contribution in [0.25, 0.3) is 0 Å². The van der Waals surface area contributed by atoms with E-state index in [0.717, 1.165) is 13.1 Å². The summed E-state index contributed by atoms with van der Waals surface area (Å²) >= 11 is 0. The number of carbonyl (C=O) groups excluding carboxylic acids is 1. The Morgan fingerprint density at radius 2 is 1.95 bits per heavy atom. The molecule has 0 saturated heterocycles. The fraction of sp³-hybridized carbons (Fsp3) is 0.500. The van der Waals surface area contributed by atoms with Crippen molar-refractivity contribution in [2.24, 2.45) is 0 Å². The highest BCUT2D eigenvalue weighted by Crippen LogP contribution is 2.21. The highest BCUT2D eigenvalue weighted by molar-refractivity contribution is 5.97. The minimum absolute atomic E-state index is 0.0830. The molecule has 0 aliphatic heterocycles. The van der Waals surface area contributed by atoms with Crippen LogP contribution < -0.4 is 5.32 Å². The Labute approximate surface area is 117 Å². The van der Waals surface area contributed by atoms with Gasteiger partial charge in [-0.25, -0.2) is 8.78 Å². The monoisotopic (exact) mass is 286 g/mol. The maximum atomic E-state index is 13.5. The van der Waals surface area contributed by atoms with Crippen LogP contribution in [-0.4, -0.2) is 41.6 Å². The Kier molecular flexibility index (Phi) is 5.88. The van der Waals surface area contributed by atoms with Gasteiger partial charge in [0, 0.05) is 24.7 Å². The van der Waals surface area contributed by atoms with Gasteiger partial charge in [0.1, 0.15) is 22.9 Å². The maximum Gasteiger partial charge on any atom is 0.258 e. The van der Waals surface area contributed by atoms with E-state index in [-0.39, 0.29) is 6.04 Å². The third-order valence-electron chi connectivity index (χ3n) is 3.25. The average Bonchev–Trinajstić information content (AvgIpc) is 2.36. The maximum absolute atomic E-state index is 13.5. The van der Waals surface area contributed by atoms with Crippen LogP contribution in [0.4, 0.5) is 8.78 Å². The fourth-order valence-corrected chi connectivity index (χ4v) is 2.09. The normalized spacial score (nSPS) is 12.5. The summed E-state index contributed by atoms with van der Waals surface area (Å²) in [6, 6.07) is 1.37. The zero-order valence-electron chi connectivity index (χ0n) is 11.9. The molecule has 0 aliphatic carbocycles. The molecule has 0 heterocycles. The standard InChI is InChI=1S/C14H20F2N2O2/c1-4-18(5-2)9(3)8-17-14(20)13-11(16)6-10(15)7-12(13)19/h6-7,9,19H,4-5,8H2,1-3H3,(H,17,20). The first-order valence-corrected chi connectivity index (χ1v) is 6.60. The minimum atomic E-state index is -1.07. The topological polar surface area (TPSA) is 52.6 Å². The Morgan fingerprint density at radius 1 is 1.35 bits per heavy atom. The summed E-state index contributed by atoms with van der Waals surface area (Å²) in [5.74, 6) is -3.45. The summed E-state index contributed by atoms with van der Waals surface area (Å²) in [7, 11) is 0. The van der Waals surface area contributed by atoms with E-state index >= 15 is 0 Å². The second kappa shape index (κ2) is 7.19. The van der Waals surface area contributed by atoms with Crippen molar-refractivity contribution >= 4 is 5.91 Å². The van der Waals surface area contributed by atoms with Crippen molar-refractivity contribution < 1.29 is 18.7 Å². The van der Waals surface area contributed by atoms with Gasteiger partial charge in [-0.2, -0.15) is 0 Å². The number of benzene rings is 1. The van der Waals surface area contributed by atoms with Gasteiger partial charge in [0.15, 0.2) is 0 Å². The highest BCUT2D eigenvalue weighted by atomic mass is 19.1. The summed E-state index contributed by atoms with van der Waals surface area (Å²) in [5.41, 5.74) is -0.529. The first kappa shape index (κ1) is 16.4. The fourth-order valence-electron chi connectivity index (χ4n) is 2.09. The molecular formula is C14H20F2N2O2. The van der Waals surface area contributed by atoms with Crippen molar-refractivity contribution in [2.75, 3.05) is 19.6 Å². The molecule has 1 atom stereocenters. The van der Waals surface area contributed by atoms with Gasteiger partial charge in [0.25, 0.3) is 5.91 Å². The highest BCUT2D eigenvalue weighted by Gasteiger charge is 2.19. The van der Waals surface area contributed by atoms with Crippen molar-refractivity contribution in [3.05, 3.63) is 29.3 Å². The number of phenols is 1. The number of phenolic OH excluding ortho intramolecular Hbond substituents is 1. The van der Waals surface area contributed by atoms with E-state index in [1.165, 1.54) is 0 Å². The second-order valence-corrected chi connectivity index (χ2v) is 4.56. The molecule has 0 aromatic heterocycles. The van der Waals surface area contributed by atoms with Gasteiger partial charge in [-0.15, -0.1) is 0 Å².